The van der Waals surface area contributed by atoms with E-state index in [1.54, 1.807) is 0 Å². The Balaban J connectivity index is 0. The van der Waals surface area contributed by atoms with Crippen LogP contribution >= 0.6 is 0 Å². The molecule has 0 aliphatic heterocycles. The summed E-state index contributed by atoms with van der Waals surface area (Å²) in [5, 5.41) is 0. The first-order chi connectivity index (χ1) is 0. The molecule has 0 aromatic heterocycles. The van der Waals surface area contributed by atoms with Crippen LogP contribution in [0.3, 0.4) is 0 Å². The van der Waals surface area contributed by atoms with Crippen LogP contribution in [0.5, 0.6) is 0 Å². The maximum Gasteiger partial charge on any atom is 2.00 e. The van der Waals surface area contributed by atoms with E-state index in [9.17, 15) is 0 Å². The van der Waals surface area contributed by atoms with Crippen molar-refractivity contribution in [2.45, 2.75) is 0 Å². The van der Waals surface area contributed by atoms with Crippen LogP contribution in [0.1, 0.15) is 0 Å². The van der Waals surface area contributed by atoms with Crippen molar-refractivity contribution < 1.29 is 43.0 Å². The fraction of sp³-hybridized carbons (Fsp3) is 0. The van der Waals surface area contributed by atoms with Crippen LogP contribution in [0.25, 0.3) is 0 Å². The van der Waals surface area contributed by atoms with Crippen molar-refractivity contribution in [1.29, 1.82) is 0 Å². The van der Waals surface area contributed by atoms with Crippen molar-refractivity contribution in [2.24, 2.45) is 0 Å². The average molecular weight is 455 g/mol. The zero-order chi connectivity index (χ0) is 0. The number of hydrogen-bond donors (Lipinski definition) is 0. The third-order valence-corrected chi connectivity index (χ3v) is 0. The van der Waals surface area contributed by atoms with E-state index in [0.717, 1.165) is 0 Å². The van der Waals surface area contributed by atoms with Crippen LogP contribution in [-0.4, -0.2) is 27.3 Å². The van der Waals surface area contributed by atoms with E-state index in [1.165, 1.54) is 0 Å². The topological polar surface area (TPSA) is 114 Å². The summed E-state index contributed by atoms with van der Waals surface area (Å²) in [5.74, 6) is 0. The van der Waals surface area contributed by atoms with Crippen LogP contribution in [-0.2, 0) is 43.0 Å². The van der Waals surface area contributed by atoms with Crippen molar-refractivity contribution in [3.8, 4) is 0 Å². The van der Waals surface area contributed by atoms with Crippen LogP contribution in [0.4, 0.5) is 0 Å². The maximum absolute atomic E-state index is 0. The molecule has 0 aromatic carbocycles. The molecular weight excluding hydrogens is 455 g/mol. The van der Waals surface area contributed by atoms with Crippen molar-refractivity contribution in [3.63, 3.8) is 0 Å². The average Bonchev–Trinajstić information content (AvgIpc) is 0. The molecule has 0 aliphatic rings. The summed E-state index contributed by atoms with van der Waals surface area (Å²) in [5.41, 5.74) is 0. The minimum Gasteiger partial charge on any atom is -2.00 e. The molecule has 0 unspecified atom stereocenters. The summed E-state index contributed by atoms with van der Waals surface area (Å²) in [6.07, 6.45) is 0. The molecule has 40 valence electrons. The monoisotopic (exact) mass is 456 g/mol. The van der Waals surface area contributed by atoms with E-state index < -0.39 is 0 Å². The van der Waals surface area contributed by atoms with Gasteiger partial charge in [-0.3, -0.25) is 0 Å². The Labute approximate surface area is 70.0 Å². The van der Waals surface area contributed by atoms with Gasteiger partial charge in [0.2, 0.25) is 0 Å². The predicted octanol–water partition coefficient (Wildman–Crippen LogP) is -0.859. The van der Waals surface area contributed by atoms with Gasteiger partial charge in [0.05, 0.1) is 0 Å². The smallest absolute Gasteiger partial charge is 2.00 e. The third-order valence-electron chi connectivity index (χ3n) is 0. The molecule has 6 heteroatoms. The molecule has 0 N–H and O–H groups in total. The summed E-state index contributed by atoms with van der Waals surface area (Å²) in [4.78, 5) is 0. The molecule has 0 saturated heterocycles. The molecule has 0 aliphatic carbocycles. The zero-order valence-electron chi connectivity index (χ0n) is 2.54. The van der Waals surface area contributed by atoms with Crippen molar-refractivity contribution in [3.05, 3.63) is 0 Å². The first-order valence-corrected chi connectivity index (χ1v) is 0. The standard InChI is InChI=1S/4O.Pb.W/q4*-2;+2;. The van der Waals surface area contributed by atoms with Gasteiger partial charge in [-0.25, -0.2) is 0 Å². The predicted molar refractivity (Wildman–Crippen MR) is 8.50 cm³/mol. The molecule has 0 bridgehead atoms. The van der Waals surface area contributed by atoms with Gasteiger partial charge in [0.15, 0.2) is 0 Å². The maximum atomic E-state index is 0. The van der Waals surface area contributed by atoms with Gasteiger partial charge >= 0.3 is 27.3 Å². The Kier molecular flexibility index (Phi) is 2240. The fourth-order valence-corrected chi connectivity index (χ4v) is 0. The number of hydrogen-bond acceptors (Lipinski definition) is 0. The quantitative estimate of drug-likeness (QED) is 0.424. The fourth-order valence-electron chi connectivity index (χ4n) is 0. The molecule has 2 radical (unpaired) electrons. The van der Waals surface area contributed by atoms with Gasteiger partial charge in [0.25, 0.3) is 0 Å². The van der Waals surface area contributed by atoms with Gasteiger partial charge in [-0.1, -0.05) is 0 Å². The summed E-state index contributed by atoms with van der Waals surface area (Å²) in [6.45, 7) is 0. The van der Waals surface area contributed by atoms with Crippen LogP contribution in [0.15, 0.2) is 0 Å². The summed E-state index contributed by atoms with van der Waals surface area (Å²) < 4.78 is 0. The Morgan fingerprint density at radius 3 is 0.500 bits per heavy atom. The van der Waals surface area contributed by atoms with E-state index >= 15 is 0 Å². The minimum atomic E-state index is 0. The first kappa shape index (κ1) is 147. The molecule has 0 saturated carbocycles. The largest absolute Gasteiger partial charge is 2.00 e. The van der Waals surface area contributed by atoms with Crippen molar-refractivity contribution in [1.82, 2.24) is 0 Å². The summed E-state index contributed by atoms with van der Waals surface area (Å²) in [7, 11) is 0. The molecular formula is O4PbW-6. The minimum absolute atomic E-state index is 0. The SMILES string of the molecule is [O-2].[O-2].[O-2].[O-2].[Pb+2].[W]. The van der Waals surface area contributed by atoms with Gasteiger partial charge in [-0.15, -0.1) is 0 Å². The first-order valence-electron chi connectivity index (χ1n) is 0. The molecule has 0 fully saturated rings. The van der Waals surface area contributed by atoms with Crippen LogP contribution < -0.4 is 0 Å². The molecule has 4 nitrogen and oxygen atoms in total. The summed E-state index contributed by atoms with van der Waals surface area (Å²) in [6, 6.07) is 0. The molecule has 0 atom stereocenters. The van der Waals surface area contributed by atoms with E-state index in [0.29, 0.717) is 0 Å². The van der Waals surface area contributed by atoms with Gasteiger partial charge in [-0.05, 0) is 0 Å². The van der Waals surface area contributed by atoms with Gasteiger partial charge in [0.1, 0.15) is 0 Å². The second-order valence-electron chi connectivity index (χ2n) is 0. The molecule has 0 amide bonds. The van der Waals surface area contributed by atoms with Gasteiger partial charge in [-0.2, -0.15) is 0 Å². The zero-order valence-corrected chi connectivity index (χ0v) is 9.36. The Bertz CT molecular complexity index is 7.51. The second kappa shape index (κ2) is 91.1. The molecule has 0 rings (SSSR count). The molecule has 0 heterocycles. The van der Waals surface area contributed by atoms with E-state index in [2.05, 4.69) is 0 Å². The normalized spacial score (nSPS) is 0. The Hall–Kier alpha value is 1.45. The van der Waals surface area contributed by atoms with E-state index in [4.69, 9.17) is 0 Å². The Morgan fingerprint density at radius 1 is 0.500 bits per heavy atom. The van der Waals surface area contributed by atoms with E-state index in [1.807, 2.05) is 0 Å². The number of rotatable bonds is 0. The van der Waals surface area contributed by atoms with Crippen LogP contribution in [0.2, 0.25) is 0 Å². The van der Waals surface area contributed by atoms with Gasteiger partial charge < -0.3 is 21.9 Å². The molecule has 0 spiro atoms. The molecule has 0 aromatic rings. The molecule has 6 heavy (non-hydrogen) atoms. The van der Waals surface area contributed by atoms with Crippen molar-refractivity contribution in [2.75, 3.05) is 0 Å². The van der Waals surface area contributed by atoms with Crippen LogP contribution in [0, 0.1) is 0 Å². The third kappa shape index (κ3) is 51.3. The summed E-state index contributed by atoms with van der Waals surface area (Å²) >= 11 is 0. The van der Waals surface area contributed by atoms with Crippen molar-refractivity contribution >= 4 is 27.3 Å². The van der Waals surface area contributed by atoms with E-state index in [-0.39, 0.29) is 70.3 Å². The van der Waals surface area contributed by atoms with Gasteiger partial charge in [0, 0.05) is 21.1 Å². The second-order valence-corrected chi connectivity index (χ2v) is 0. The Morgan fingerprint density at radius 2 is 0.500 bits per heavy atom.